The Labute approximate surface area is 129 Å². The maximum Gasteiger partial charge on any atom is 0.220 e. The molecule has 1 aliphatic heterocycles. The number of amides is 1. The van der Waals surface area contributed by atoms with Gasteiger partial charge in [0.05, 0.1) is 0 Å². The Morgan fingerprint density at radius 3 is 2.24 bits per heavy atom. The summed E-state index contributed by atoms with van der Waals surface area (Å²) in [5, 5.41) is 3.12. The zero-order valence-corrected chi connectivity index (χ0v) is 13.5. The van der Waals surface area contributed by atoms with E-state index in [0.29, 0.717) is 13.0 Å². The molecule has 0 radical (unpaired) electrons. The van der Waals surface area contributed by atoms with Gasteiger partial charge in [-0.1, -0.05) is 32.1 Å². The van der Waals surface area contributed by atoms with E-state index in [1.54, 1.807) is 0 Å². The molecule has 2 rings (SSSR count). The molecule has 0 bridgehead atoms. The molecule has 0 atom stereocenters. The maximum absolute atomic E-state index is 12.2. The second-order valence-electron chi connectivity index (χ2n) is 7.05. The Morgan fingerprint density at radius 2 is 1.62 bits per heavy atom. The first-order chi connectivity index (χ1) is 10.2. The van der Waals surface area contributed by atoms with Crippen LogP contribution in [0.5, 0.6) is 0 Å². The Balaban J connectivity index is 1.66. The van der Waals surface area contributed by atoms with Crippen molar-refractivity contribution in [2.24, 2.45) is 11.1 Å². The summed E-state index contributed by atoms with van der Waals surface area (Å²) < 4.78 is 0. The number of carbonyl (C=O) groups excluding carboxylic acids is 1. The van der Waals surface area contributed by atoms with Crippen LogP contribution in [0.15, 0.2) is 0 Å². The number of rotatable bonds is 6. The topological polar surface area (TPSA) is 58.4 Å². The van der Waals surface area contributed by atoms with E-state index in [1.807, 2.05) is 0 Å². The van der Waals surface area contributed by atoms with Gasteiger partial charge >= 0.3 is 0 Å². The normalized spacial score (nSPS) is 23.5. The SMILES string of the molecule is NCC1(CC(=O)NCCN2CCCCCC2)CCCCC1. The van der Waals surface area contributed by atoms with Gasteiger partial charge in [-0.3, -0.25) is 4.79 Å². The minimum atomic E-state index is 0.0882. The summed E-state index contributed by atoms with van der Waals surface area (Å²) in [6.45, 7) is 4.85. The van der Waals surface area contributed by atoms with Crippen molar-refractivity contribution < 1.29 is 4.79 Å². The van der Waals surface area contributed by atoms with Gasteiger partial charge < -0.3 is 16.0 Å². The molecular weight excluding hydrogens is 262 g/mol. The van der Waals surface area contributed by atoms with Gasteiger partial charge in [-0.2, -0.15) is 0 Å². The van der Waals surface area contributed by atoms with Crippen LogP contribution in [0.2, 0.25) is 0 Å². The molecule has 0 aromatic carbocycles. The largest absolute Gasteiger partial charge is 0.355 e. The Hall–Kier alpha value is -0.610. The minimum absolute atomic E-state index is 0.0882. The van der Waals surface area contributed by atoms with E-state index >= 15 is 0 Å². The number of nitrogens with two attached hydrogens (primary N) is 1. The number of carbonyl (C=O) groups is 1. The van der Waals surface area contributed by atoms with Crippen LogP contribution in [0.3, 0.4) is 0 Å². The van der Waals surface area contributed by atoms with Crippen molar-refractivity contribution in [3.05, 3.63) is 0 Å². The molecule has 0 aromatic rings. The third kappa shape index (κ3) is 5.59. The van der Waals surface area contributed by atoms with Crippen molar-refractivity contribution in [1.82, 2.24) is 10.2 Å². The molecule has 4 nitrogen and oxygen atoms in total. The zero-order valence-electron chi connectivity index (χ0n) is 13.5. The second-order valence-corrected chi connectivity index (χ2v) is 7.05. The molecule has 3 N–H and O–H groups in total. The van der Waals surface area contributed by atoms with Crippen molar-refractivity contribution in [1.29, 1.82) is 0 Å². The van der Waals surface area contributed by atoms with E-state index in [4.69, 9.17) is 5.73 Å². The van der Waals surface area contributed by atoms with Crippen molar-refractivity contribution in [3.63, 3.8) is 0 Å². The third-order valence-corrected chi connectivity index (χ3v) is 5.33. The van der Waals surface area contributed by atoms with Gasteiger partial charge in [0, 0.05) is 19.5 Å². The number of nitrogens with one attached hydrogen (secondary N) is 1. The molecule has 2 aliphatic rings. The van der Waals surface area contributed by atoms with Crippen LogP contribution < -0.4 is 11.1 Å². The van der Waals surface area contributed by atoms with E-state index < -0.39 is 0 Å². The van der Waals surface area contributed by atoms with Crippen molar-refractivity contribution in [3.8, 4) is 0 Å². The predicted octanol–water partition coefficient (Wildman–Crippen LogP) is 2.28. The first-order valence-electron chi connectivity index (χ1n) is 8.93. The molecule has 1 saturated carbocycles. The van der Waals surface area contributed by atoms with E-state index in [1.165, 1.54) is 58.0 Å². The van der Waals surface area contributed by atoms with Crippen LogP contribution in [0.4, 0.5) is 0 Å². The van der Waals surface area contributed by atoms with Crippen LogP contribution in [-0.4, -0.2) is 43.5 Å². The molecule has 21 heavy (non-hydrogen) atoms. The molecule has 122 valence electrons. The first kappa shape index (κ1) is 16.8. The number of hydrogen-bond donors (Lipinski definition) is 2. The molecule has 0 aromatic heterocycles. The highest BCUT2D eigenvalue weighted by Crippen LogP contribution is 2.38. The van der Waals surface area contributed by atoms with Crippen LogP contribution in [0.1, 0.15) is 64.2 Å². The minimum Gasteiger partial charge on any atom is -0.355 e. The molecule has 1 heterocycles. The molecule has 0 spiro atoms. The van der Waals surface area contributed by atoms with Gasteiger partial charge in [0.1, 0.15) is 0 Å². The van der Waals surface area contributed by atoms with E-state index in [2.05, 4.69) is 10.2 Å². The molecule has 2 fully saturated rings. The standard InChI is InChI=1S/C17H33N3O/c18-15-17(8-4-3-5-9-17)14-16(21)19-10-13-20-11-6-1-2-7-12-20/h1-15,18H2,(H,19,21). The van der Waals surface area contributed by atoms with E-state index in [0.717, 1.165) is 25.9 Å². The fraction of sp³-hybridized carbons (Fsp3) is 0.941. The van der Waals surface area contributed by atoms with Gasteiger partial charge in [0.2, 0.25) is 5.91 Å². The summed E-state index contributed by atoms with van der Waals surface area (Å²) in [6, 6.07) is 0. The summed E-state index contributed by atoms with van der Waals surface area (Å²) in [6.07, 6.45) is 12.0. The van der Waals surface area contributed by atoms with Crippen molar-refractivity contribution in [2.45, 2.75) is 64.2 Å². The summed E-state index contributed by atoms with van der Waals surface area (Å²) in [7, 11) is 0. The molecular formula is C17H33N3O. The van der Waals surface area contributed by atoms with Gasteiger partial charge in [0.25, 0.3) is 0 Å². The second kappa shape index (κ2) is 8.74. The van der Waals surface area contributed by atoms with Gasteiger partial charge in [0.15, 0.2) is 0 Å². The number of likely N-dealkylation sites (tertiary alicyclic amines) is 1. The molecule has 4 heteroatoms. The highest BCUT2D eigenvalue weighted by atomic mass is 16.1. The zero-order chi connectivity index (χ0) is 15.0. The Kier molecular flexibility index (Phi) is 6.97. The Bertz CT molecular complexity index is 305. The average Bonchev–Trinajstić information content (AvgIpc) is 2.77. The van der Waals surface area contributed by atoms with Crippen LogP contribution in [0, 0.1) is 5.41 Å². The fourth-order valence-corrected chi connectivity index (χ4v) is 3.87. The molecule has 1 saturated heterocycles. The quantitative estimate of drug-likeness (QED) is 0.790. The highest BCUT2D eigenvalue weighted by molar-refractivity contribution is 5.76. The lowest BCUT2D eigenvalue weighted by atomic mass is 9.71. The lowest BCUT2D eigenvalue weighted by Gasteiger charge is -2.35. The number of nitrogens with zero attached hydrogens (tertiary/aromatic N) is 1. The van der Waals surface area contributed by atoms with Crippen molar-refractivity contribution in [2.75, 3.05) is 32.7 Å². The Morgan fingerprint density at radius 1 is 1.00 bits per heavy atom. The molecule has 1 aliphatic carbocycles. The summed E-state index contributed by atoms with van der Waals surface area (Å²) in [4.78, 5) is 14.7. The molecule has 1 amide bonds. The van der Waals surface area contributed by atoms with Crippen LogP contribution in [-0.2, 0) is 4.79 Å². The first-order valence-corrected chi connectivity index (χ1v) is 8.93. The number of hydrogen-bond acceptors (Lipinski definition) is 3. The highest BCUT2D eigenvalue weighted by Gasteiger charge is 2.32. The predicted molar refractivity (Wildman–Crippen MR) is 87.1 cm³/mol. The van der Waals surface area contributed by atoms with Gasteiger partial charge in [-0.15, -0.1) is 0 Å². The summed E-state index contributed by atoms with van der Waals surface area (Å²) in [5.41, 5.74) is 6.05. The van der Waals surface area contributed by atoms with Crippen LogP contribution in [0.25, 0.3) is 0 Å². The van der Waals surface area contributed by atoms with Gasteiger partial charge in [-0.25, -0.2) is 0 Å². The van der Waals surface area contributed by atoms with E-state index in [9.17, 15) is 4.79 Å². The maximum atomic E-state index is 12.2. The van der Waals surface area contributed by atoms with Gasteiger partial charge in [-0.05, 0) is 50.7 Å². The monoisotopic (exact) mass is 295 g/mol. The summed E-state index contributed by atoms with van der Waals surface area (Å²) >= 11 is 0. The average molecular weight is 295 g/mol. The van der Waals surface area contributed by atoms with E-state index in [-0.39, 0.29) is 11.3 Å². The fourth-order valence-electron chi connectivity index (χ4n) is 3.87. The third-order valence-electron chi connectivity index (χ3n) is 5.33. The van der Waals surface area contributed by atoms with Crippen molar-refractivity contribution >= 4 is 5.91 Å². The molecule has 0 unspecified atom stereocenters. The van der Waals surface area contributed by atoms with Crippen LogP contribution >= 0.6 is 0 Å². The smallest absolute Gasteiger partial charge is 0.220 e. The summed E-state index contributed by atoms with van der Waals surface area (Å²) in [5.74, 6) is 0.206. The lowest BCUT2D eigenvalue weighted by Crippen LogP contribution is -2.41. The lowest BCUT2D eigenvalue weighted by molar-refractivity contribution is -0.123.